The van der Waals surface area contributed by atoms with Crippen LogP contribution in [0.15, 0.2) is 34.6 Å². The Hall–Kier alpha value is -3.00. The van der Waals surface area contributed by atoms with E-state index in [0.717, 1.165) is 0 Å². The van der Waals surface area contributed by atoms with E-state index in [1.165, 1.54) is 17.4 Å². The van der Waals surface area contributed by atoms with Crippen LogP contribution < -0.4 is 0 Å². The summed E-state index contributed by atoms with van der Waals surface area (Å²) in [7, 11) is 3.76. The largest absolute Gasteiger partial charge is 0.507 e. The van der Waals surface area contributed by atoms with E-state index >= 15 is 0 Å². The Kier molecular flexibility index (Phi) is 5.09. The number of Topliss-reactive ketones (excluding diaryl/α,β-unsaturated/α-hetero) is 1. The first-order chi connectivity index (χ1) is 12.8. The van der Waals surface area contributed by atoms with Gasteiger partial charge in [-0.2, -0.15) is 0 Å². The van der Waals surface area contributed by atoms with E-state index in [2.05, 4.69) is 9.97 Å². The number of ketones is 1. The summed E-state index contributed by atoms with van der Waals surface area (Å²) in [5, 5.41) is 10.9. The van der Waals surface area contributed by atoms with Crippen LogP contribution >= 0.6 is 0 Å². The Morgan fingerprint density at radius 1 is 1.33 bits per heavy atom. The zero-order chi connectivity index (χ0) is 19.7. The van der Waals surface area contributed by atoms with Crippen LogP contribution in [0.2, 0.25) is 0 Å². The van der Waals surface area contributed by atoms with Crippen LogP contribution in [-0.4, -0.2) is 63.7 Å². The van der Waals surface area contributed by atoms with Gasteiger partial charge in [-0.15, -0.1) is 0 Å². The van der Waals surface area contributed by atoms with Gasteiger partial charge in [0.2, 0.25) is 0 Å². The molecule has 3 rings (SSSR count). The summed E-state index contributed by atoms with van der Waals surface area (Å²) in [6, 6.07) is 2.58. The molecule has 27 heavy (non-hydrogen) atoms. The normalized spacial score (nSPS) is 19.3. The van der Waals surface area contributed by atoms with Crippen LogP contribution in [0.1, 0.15) is 28.9 Å². The molecule has 0 bridgehead atoms. The Bertz CT molecular complexity index is 902. The number of aromatic nitrogens is 2. The van der Waals surface area contributed by atoms with Crippen molar-refractivity contribution in [3.05, 3.63) is 53.0 Å². The molecule has 0 aromatic carbocycles. The number of furan rings is 1. The molecule has 0 unspecified atom stereocenters. The standard InChI is InChI=1S/C19H22N4O4/c1-11-13(10-20-12(2)21-11)17(24)15-16(14-6-5-9-27-14)23(8-7-22(3)4)19(26)18(15)25/h5-6,9-10,16,24H,7-8H2,1-4H3/t16-/m0/s1. The zero-order valence-electron chi connectivity index (χ0n) is 15.8. The van der Waals surface area contributed by atoms with Gasteiger partial charge in [-0.1, -0.05) is 0 Å². The number of carbonyl (C=O) groups is 2. The number of likely N-dealkylation sites (N-methyl/N-ethyl adjacent to an activating group) is 1. The first-order valence-electron chi connectivity index (χ1n) is 8.58. The van der Waals surface area contributed by atoms with Gasteiger partial charge in [-0.3, -0.25) is 9.59 Å². The summed E-state index contributed by atoms with van der Waals surface area (Å²) in [6.07, 6.45) is 2.93. The van der Waals surface area contributed by atoms with Gasteiger partial charge >= 0.3 is 0 Å². The molecule has 8 nitrogen and oxygen atoms in total. The van der Waals surface area contributed by atoms with Gasteiger partial charge in [0.15, 0.2) is 0 Å². The quantitative estimate of drug-likeness (QED) is 0.485. The lowest BCUT2D eigenvalue weighted by Gasteiger charge is -2.24. The topological polar surface area (TPSA) is 99.8 Å². The van der Waals surface area contributed by atoms with Gasteiger partial charge in [0.05, 0.1) is 23.1 Å². The Labute approximate surface area is 157 Å². The summed E-state index contributed by atoms with van der Waals surface area (Å²) >= 11 is 0. The highest BCUT2D eigenvalue weighted by Crippen LogP contribution is 2.39. The van der Waals surface area contributed by atoms with E-state index in [1.807, 2.05) is 19.0 Å². The molecule has 142 valence electrons. The fourth-order valence-electron chi connectivity index (χ4n) is 3.12. The number of hydrogen-bond donors (Lipinski definition) is 1. The second-order valence-corrected chi connectivity index (χ2v) is 6.73. The molecular weight excluding hydrogens is 348 g/mol. The average Bonchev–Trinajstić information content (AvgIpc) is 3.20. The summed E-state index contributed by atoms with van der Waals surface area (Å²) in [5.41, 5.74) is 0.838. The number of aliphatic hydroxyl groups is 1. The van der Waals surface area contributed by atoms with Gasteiger partial charge < -0.3 is 19.3 Å². The summed E-state index contributed by atoms with van der Waals surface area (Å²) in [6.45, 7) is 4.34. The number of rotatable bonds is 5. The van der Waals surface area contributed by atoms with Crippen molar-refractivity contribution in [2.45, 2.75) is 19.9 Å². The third kappa shape index (κ3) is 3.48. The summed E-state index contributed by atoms with van der Waals surface area (Å²) in [4.78, 5) is 37.1. The third-order valence-corrected chi connectivity index (χ3v) is 4.50. The molecule has 8 heteroatoms. The molecule has 0 aliphatic carbocycles. The molecule has 2 aromatic heterocycles. The molecule has 1 atom stereocenters. The molecule has 1 N–H and O–H groups in total. The molecule has 1 aliphatic rings. The van der Waals surface area contributed by atoms with Crippen molar-refractivity contribution in [1.82, 2.24) is 19.8 Å². The molecule has 0 saturated carbocycles. The van der Waals surface area contributed by atoms with E-state index in [9.17, 15) is 14.7 Å². The number of amides is 1. The Morgan fingerprint density at radius 2 is 2.07 bits per heavy atom. The molecule has 3 heterocycles. The van der Waals surface area contributed by atoms with Crippen molar-refractivity contribution in [1.29, 1.82) is 0 Å². The van der Waals surface area contributed by atoms with Crippen molar-refractivity contribution in [3.63, 3.8) is 0 Å². The van der Waals surface area contributed by atoms with Crippen LogP contribution in [0.3, 0.4) is 0 Å². The van der Waals surface area contributed by atoms with Crippen LogP contribution in [0.4, 0.5) is 0 Å². The summed E-state index contributed by atoms with van der Waals surface area (Å²) in [5.74, 6) is -0.726. The van der Waals surface area contributed by atoms with Gasteiger partial charge in [-0.25, -0.2) is 9.97 Å². The molecule has 2 aromatic rings. The molecule has 0 radical (unpaired) electrons. The molecule has 1 saturated heterocycles. The maximum Gasteiger partial charge on any atom is 0.295 e. The number of aliphatic hydroxyl groups excluding tert-OH is 1. The fraction of sp³-hybridized carbons (Fsp3) is 0.368. The average molecular weight is 370 g/mol. The van der Waals surface area contributed by atoms with Crippen molar-refractivity contribution >= 4 is 17.4 Å². The van der Waals surface area contributed by atoms with Crippen molar-refractivity contribution in [2.75, 3.05) is 27.2 Å². The second kappa shape index (κ2) is 7.32. The first-order valence-corrected chi connectivity index (χ1v) is 8.58. The highest BCUT2D eigenvalue weighted by atomic mass is 16.3. The smallest absolute Gasteiger partial charge is 0.295 e. The number of likely N-dealkylation sites (tertiary alicyclic amines) is 1. The first kappa shape index (κ1) is 18.8. The van der Waals surface area contributed by atoms with Crippen molar-refractivity contribution < 1.29 is 19.1 Å². The highest BCUT2D eigenvalue weighted by molar-refractivity contribution is 6.46. The van der Waals surface area contributed by atoms with Gasteiger partial charge in [0, 0.05) is 19.3 Å². The number of nitrogens with zero attached hydrogens (tertiary/aromatic N) is 4. The fourth-order valence-corrected chi connectivity index (χ4v) is 3.12. The number of aryl methyl sites for hydroxylation is 2. The molecule has 1 amide bonds. The zero-order valence-corrected chi connectivity index (χ0v) is 15.8. The van der Waals surface area contributed by atoms with Gasteiger partial charge in [-0.05, 0) is 40.1 Å². The summed E-state index contributed by atoms with van der Waals surface area (Å²) < 4.78 is 5.48. The van der Waals surface area contributed by atoms with Crippen LogP contribution in [0, 0.1) is 13.8 Å². The third-order valence-electron chi connectivity index (χ3n) is 4.50. The molecular formula is C19H22N4O4. The minimum atomic E-state index is -0.791. The monoisotopic (exact) mass is 370 g/mol. The second-order valence-electron chi connectivity index (χ2n) is 6.73. The predicted octanol–water partition coefficient (Wildman–Crippen LogP) is 1.67. The number of hydrogen-bond acceptors (Lipinski definition) is 7. The van der Waals surface area contributed by atoms with Crippen LogP contribution in [0.25, 0.3) is 5.76 Å². The SMILES string of the molecule is Cc1ncc(C(O)=C2C(=O)C(=O)N(CCN(C)C)[C@H]2c2ccco2)c(C)n1. The lowest BCUT2D eigenvalue weighted by molar-refractivity contribution is -0.140. The highest BCUT2D eigenvalue weighted by Gasteiger charge is 2.47. The van der Waals surface area contributed by atoms with Gasteiger partial charge in [0.1, 0.15) is 23.4 Å². The maximum atomic E-state index is 12.8. The molecule has 0 spiro atoms. The van der Waals surface area contributed by atoms with E-state index in [4.69, 9.17) is 4.42 Å². The van der Waals surface area contributed by atoms with E-state index < -0.39 is 17.7 Å². The molecule has 1 aliphatic heterocycles. The van der Waals surface area contributed by atoms with Crippen molar-refractivity contribution in [3.8, 4) is 0 Å². The minimum Gasteiger partial charge on any atom is -0.507 e. The lowest BCUT2D eigenvalue weighted by Crippen LogP contribution is -2.35. The van der Waals surface area contributed by atoms with E-state index in [0.29, 0.717) is 35.9 Å². The Morgan fingerprint density at radius 3 is 2.67 bits per heavy atom. The Balaban J connectivity index is 2.13. The predicted molar refractivity (Wildman–Crippen MR) is 97.8 cm³/mol. The van der Waals surface area contributed by atoms with Crippen molar-refractivity contribution in [2.24, 2.45) is 0 Å². The van der Waals surface area contributed by atoms with E-state index in [1.54, 1.807) is 26.0 Å². The number of carbonyl (C=O) groups excluding carboxylic acids is 2. The van der Waals surface area contributed by atoms with Gasteiger partial charge in [0.25, 0.3) is 11.7 Å². The minimum absolute atomic E-state index is 0.00995. The van der Waals surface area contributed by atoms with E-state index in [-0.39, 0.29) is 11.3 Å². The van der Waals surface area contributed by atoms with Crippen LogP contribution in [0.5, 0.6) is 0 Å². The molecule has 1 fully saturated rings. The van der Waals surface area contributed by atoms with Crippen LogP contribution in [-0.2, 0) is 9.59 Å². The lowest BCUT2D eigenvalue weighted by atomic mass is 9.99. The maximum absolute atomic E-state index is 12.8.